The standard InChI is InChI=1S/C13H18F2N2/c1-17-7-3-6-11(16)12(17)9-4-2-5-10(8-9)13(14)15/h2,4-5,8,11-13H,3,6-7,16H2,1H3. The lowest BCUT2D eigenvalue weighted by molar-refractivity contribution is 0.148. The van der Waals surface area contributed by atoms with Gasteiger partial charge < -0.3 is 5.73 Å². The van der Waals surface area contributed by atoms with Crippen molar-refractivity contribution in [3.8, 4) is 0 Å². The number of rotatable bonds is 2. The van der Waals surface area contributed by atoms with Gasteiger partial charge in [0.15, 0.2) is 0 Å². The van der Waals surface area contributed by atoms with E-state index in [0.717, 1.165) is 24.9 Å². The van der Waals surface area contributed by atoms with Gasteiger partial charge in [-0.15, -0.1) is 0 Å². The third-order valence-electron chi connectivity index (χ3n) is 3.43. The van der Waals surface area contributed by atoms with Gasteiger partial charge in [0.05, 0.1) is 0 Å². The monoisotopic (exact) mass is 240 g/mol. The van der Waals surface area contributed by atoms with Gasteiger partial charge >= 0.3 is 0 Å². The normalized spacial score (nSPS) is 26.4. The molecular weight excluding hydrogens is 222 g/mol. The van der Waals surface area contributed by atoms with Gasteiger partial charge in [0, 0.05) is 17.6 Å². The first-order valence-electron chi connectivity index (χ1n) is 5.93. The van der Waals surface area contributed by atoms with Crippen LogP contribution in [0.1, 0.15) is 36.4 Å². The molecule has 17 heavy (non-hydrogen) atoms. The maximum atomic E-state index is 12.7. The van der Waals surface area contributed by atoms with Crippen molar-refractivity contribution >= 4 is 0 Å². The van der Waals surface area contributed by atoms with Crippen LogP contribution in [0.15, 0.2) is 24.3 Å². The summed E-state index contributed by atoms with van der Waals surface area (Å²) in [5.41, 5.74) is 7.08. The molecule has 1 saturated heterocycles. The summed E-state index contributed by atoms with van der Waals surface area (Å²) < 4.78 is 25.3. The number of benzene rings is 1. The molecule has 0 amide bonds. The molecule has 1 aliphatic heterocycles. The predicted molar refractivity (Wildman–Crippen MR) is 64.0 cm³/mol. The van der Waals surface area contributed by atoms with Crippen LogP contribution in [0.3, 0.4) is 0 Å². The minimum atomic E-state index is -2.42. The first-order valence-corrected chi connectivity index (χ1v) is 5.93. The molecule has 2 atom stereocenters. The van der Waals surface area contributed by atoms with Crippen molar-refractivity contribution in [2.24, 2.45) is 5.73 Å². The summed E-state index contributed by atoms with van der Waals surface area (Å²) in [5, 5.41) is 0. The summed E-state index contributed by atoms with van der Waals surface area (Å²) in [6.45, 7) is 0.970. The lowest BCUT2D eigenvalue weighted by atomic mass is 9.91. The Balaban J connectivity index is 2.28. The molecule has 0 radical (unpaired) electrons. The second-order valence-corrected chi connectivity index (χ2v) is 4.70. The van der Waals surface area contributed by atoms with Crippen LogP contribution in [0.2, 0.25) is 0 Å². The van der Waals surface area contributed by atoms with E-state index in [1.165, 1.54) is 6.07 Å². The van der Waals surface area contributed by atoms with Crippen molar-refractivity contribution in [1.29, 1.82) is 0 Å². The van der Waals surface area contributed by atoms with Gasteiger partial charge in [-0.25, -0.2) is 8.78 Å². The van der Waals surface area contributed by atoms with Gasteiger partial charge in [-0.2, -0.15) is 0 Å². The number of halogens is 2. The summed E-state index contributed by atoms with van der Waals surface area (Å²) in [5.74, 6) is 0. The van der Waals surface area contributed by atoms with E-state index in [2.05, 4.69) is 4.90 Å². The molecule has 0 aromatic heterocycles. The largest absolute Gasteiger partial charge is 0.326 e. The maximum absolute atomic E-state index is 12.7. The highest BCUT2D eigenvalue weighted by Gasteiger charge is 2.28. The average Bonchev–Trinajstić information content (AvgIpc) is 2.29. The van der Waals surface area contributed by atoms with E-state index < -0.39 is 6.43 Å². The third-order valence-corrected chi connectivity index (χ3v) is 3.43. The van der Waals surface area contributed by atoms with E-state index in [4.69, 9.17) is 5.73 Å². The van der Waals surface area contributed by atoms with Gasteiger partial charge in [0.1, 0.15) is 0 Å². The van der Waals surface area contributed by atoms with Crippen LogP contribution in [0, 0.1) is 0 Å². The van der Waals surface area contributed by atoms with Crippen molar-refractivity contribution < 1.29 is 8.78 Å². The van der Waals surface area contributed by atoms with Gasteiger partial charge in [0.25, 0.3) is 6.43 Å². The zero-order chi connectivity index (χ0) is 12.4. The lowest BCUT2D eigenvalue weighted by Crippen LogP contribution is -2.43. The molecule has 94 valence electrons. The lowest BCUT2D eigenvalue weighted by Gasteiger charge is -2.37. The molecule has 1 aromatic carbocycles. The molecule has 1 heterocycles. The first-order chi connectivity index (χ1) is 8.09. The minimum Gasteiger partial charge on any atom is -0.326 e. The van der Waals surface area contributed by atoms with Crippen molar-refractivity contribution in [2.75, 3.05) is 13.6 Å². The molecule has 2 unspecified atom stereocenters. The number of alkyl halides is 2. The Labute approximate surface area is 100 Å². The summed E-state index contributed by atoms with van der Waals surface area (Å²) >= 11 is 0. The number of hydrogen-bond donors (Lipinski definition) is 1. The molecule has 2 N–H and O–H groups in total. The van der Waals surface area contributed by atoms with Gasteiger partial charge in [-0.05, 0) is 38.1 Å². The van der Waals surface area contributed by atoms with Crippen LogP contribution in [-0.2, 0) is 0 Å². The molecule has 0 saturated carbocycles. The van der Waals surface area contributed by atoms with E-state index in [0.29, 0.717) is 0 Å². The molecule has 2 rings (SSSR count). The number of hydrogen-bond acceptors (Lipinski definition) is 2. The number of nitrogens with two attached hydrogens (primary N) is 1. The molecule has 4 heteroatoms. The van der Waals surface area contributed by atoms with Gasteiger partial charge in [0.2, 0.25) is 0 Å². The Morgan fingerprint density at radius 3 is 2.82 bits per heavy atom. The Morgan fingerprint density at radius 1 is 1.41 bits per heavy atom. The molecule has 1 fully saturated rings. The van der Waals surface area contributed by atoms with Crippen LogP contribution in [0.4, 0.5) is 8.78 Å². The summed E-state index contributed by atoms with van der Waals surface area (Å²) in [4.78, 5) is 2.15. The highest BCUT2D eigenvalue weighted by Crippen LogP contribution is 2.30. The van der Waals surface area contributed by atoms with Crippen molar-refractivity contribution in [2.45, 2.75) is 31.4 Å². The molecule has 2 nitrogen and oxygen atoms in total. The molecule has 1 aliphatic rings. The van der Waals surface area contributed by atoms with Crippen molar-refractivity contribution in [3.63, 3.8) is 0 Å². The van der Waals surface area contributed by atoms with E-state index in [1.807, 2.05) is 13.1 Å². The Hall–Kier alpha value is -1.00. The topological polar surface area (TPSA) is 29.3 Å². The second-order valence-electron chi connectivity index (χ2n) is 4.70. The smallest absolute Gasteiger partial charge is 0.263 e. The number of piperidine rings is 1. The van der Waals surface area contributed by atoms with Crippen LogP contribution >= 0.6 is 0 Å². The number of likely N-dealkylation sites (N-methyl/N-ethyl adjacent to an activating group) is 1. The average molecular weight is 240 g/mol. The Kier molecular flexibility index (Phi) is 3.74. The van der Waals surface area contributed by atoms with Crippen molar-refractivity contribution in [3.05, 3.63) is 35.4 Å². The SMILES string of the molecule is CN1CCCC(N)C1c1cccc(C(F)F)c1. The molecule has 0 aliphatic carbocycles. The highest BCUT2D eigenvalue weighted by molar-refractivity contribution is 5.28. The Bertz CT molecular complexity index is 371. The maximum Gasteiger partial charge on any atom is 0.263 e. The molecule has 0 spiro atoms. The molecule has 1 aromatic rings. The van der Waals surface area contributed by atoms with E-state index in [9.17, 15) is 8.78 Å². The van der Waals surface area contributed by atoms with Crippen LogP contribution in [0.5, 0.6) is 0 Å². The second kappa shape index (κ2) is 5.10. The van der Waals surface area contributed by atoms with Gasteiger partial charge in [-0.1, -0.05) is 18.2 Å². The van der Waals surface area contributed by atoms with Crippen LogP contribution < -0.4 is 5.73 Å². The van der Waals surface area contributed by atoms with Crippen LogP contribution in [0.25, 0.3) is 0 Å². The first kappa shape index (κ1) is 12.5. The minimum absolute atomic E-state index is 0.0293. The molecular formula is C13H18F2N2. The van der Waals surface area contributed by atoms with E-state index in [-0.39, 0.29) is 17.6 Å². The van der Waals surface area contributed by atoms with Gasteiger partial charge in [-0.3, -0.25) is 4.90 Å². The summed E-state index contributed by atoms with van der Waals surface area (Å²) in [6.07, 6.45) is -0.392. The quantitative estimate of drug-likeness (QED) is 0.861. The van der Waals surface area contributed by atoms with Crippen molar-refractivity contribution in [1.82, 2.24) is 4.90 Å². The zero-order valence-electron chi connectivity index (χ0n) is 9.94. The highest BCUT2D eigenvalue weighted by atomic mass is 19.3. The fraction of sp³-hybridized carbons (Fsp3) is 0.538. The third kappa shape index (κ3) is 2.64. The number of likely N-dealkylation sites (tertiary alicyclic amines) is 1. The van der Waals surface area contributed by atoms with Crippen LogP contribution in [-0.4, -0.2) is 24.5 Å². The number of nitrogens with zero attached hydrogens (tertiary/aromatic N) is 1. The fourth-order valence-electron chi connectivity index (χ4n) is 2.58. The fourth-order valence-corrected chi connectivity index (χ4v) is 2.58. The predicted octanol–water partition coefficient (Wildman–Crippen LogP) is 2.72. The van der Waals surface area contributed by atoms with E-state index in [1.54, 1.807) is 12.1 Å². The van der Waals surface area contributed by atoms with E-state index >= 15 is 0 Å². The summed E-state index contributed by atoms with van der Waals surface area (Å²) in [6, 6.07) is 6.70. The Morgan fingerprint density at radius 2 is 2.18 bits per heavy atom. The molecule has 0 bridgehead atoms. The zero-order valence-corrected chi connectivity index (χ0v) is 9.94. The summed E-state index contributed by atoms with van der Waals surface area (Å²) in [7, 11) is 2.00.